The van der Waals surface area contributed by atoms with Gasteiger partial charge in [-0.15, -0.1) is 11.8 Å². The number of amides is 2. The number of ether oxygens (including phenoxy) is 1. The van der Waals surface area contributed by atoms with Crippen molar-refractivity contribution in [3.8, 4) is 5.75 Å². The molecule has 0 aliphatic heterocycles. The highest BCUT2D eigenvalue weighted by Crippen LogP contribution is 2.28. The molecule has 0 heterocycles. The molecular formula is C32H38ClN3O5S2. The number of nitrogens with zero attached hydrogens (tertiary/aromatic N) is 2. The molecule has 3 aromatic rings. The summed E-state index contributed by atoms with van der Waals surface area (Å²) >= 11 is 7.73. The lowest BCUT2D eigenvalue weighted by atomic mass is 10.1. The zero-order chi connectivity index (χ0) is 31.0. The van der Waals surface area contributed by atoms with Crippen LogP contribution < -0.4 is 14.4 Å². The van der Waals surface area contributed by atoms with Crippen molar-refractivity contribution >= 4 is 50.9 Å². The first kappa shape index (κ1) is 32.7. The van der Waals surface area contributed by atoms with E-state index in [0.717, 1.165) is 40.4 Å². The van der Waals surface area contributed by atoms with Gasteiger partial charge in [0, 0.05) is 22.5 Å². The maximum absolute atomic E-state index is 14.1. The van der Waals surface area contributed by atoms with E-state index >= 15 is 0 Å². The molecule has 0 bridgehead atoms. The van der Waals surface area contributed by atoms with E-state index in [-0.39, 0.29) is 23.4 Å². The first-order valence-corrected chi connectivity index (χ1v) is 17.4. The molecule has 1 atom stereocenters. The molecule has 8 nitrogen and oxygen atoms in total. The Morgan fingerprint density at radius 1 is 1.05 bits per heavy atom. The van der Waals surface area contributed by atoms with Gasteiger partial charge in [0.1, 0.15) is 18.3 Å². The fourth-order valence-electron chi connectivity index (χ4n) is 5.09. The Labute approximate surface area is 263 Å². The first-order valence-electron chi connectivity index (χ1n) is 14.4. The van der Waals surface area contributed by atoms with E-state index in [2.05, 4.69) is 5.32 Å². The van der Waals surface area contributed by atoms with Crippen LogP contribution in [0.3, 0.4) is 0 Å². The van der Waals surface area contributed by atoms with Crippen LogP contribution in [0.15, 0.2) is 82.6 Å². The Hall–Kier alpha value is -3.21. The normalized spacial score (nSPS) is 14.2. The van der Waals surface area contributed by atoms with Crippen molar-refractivity contribution < 1.29 is 22.7 Å². The van der Waals surface area contributed by atoms with Gasteiger partial charge >= 0.3 is 0 Å². The van der Waals surface area contributed by atoms with Crippen molar-refractivity contribution in [3.05, 3.63) is 83.4 Å². The second kappa shape index (κ2) is 15.0. The van der Waals surface area contributed by atoms with E-state index in [1.807, 2.05) is 19.2 Å². The third-order valence-electron chi connectivity index (χ3n) is 7.47. The zero-order valence-corrected chi connectivity index (χ0v) is 27.1. The van der Waals surface area contributed by atoms with Crippen LogP contribution in [-0.4, -0.2) is 56.6 Å². The number of halogens is 1. The molecule has 1 fully saturated rings. The molecule has 0 radical (unpaired) electrons. The van der Waals surface area contributed by atoms with Crippen molar-refractivity contribution in [2.45, 2.75) is 68.0 Å². The van der Waals surface area contributed by atoms with Crippen molar-refractivity contribution in [1.29, 1.82) is 0 Å². The standard InChI is InChI=1S/C32H38ClN3O5S2/c1-4-41-28-14-12-27(13-15-28)36(43(39,40)30-18-16-29(42-3)17-19-30)22-31(37)35(21-24-8-7-9-25(33)20-24)23(2)32(38)34-26-10-5-6-11-26/h7-9,12-20,23,26H,4-6,10-11,21-22H2,1-3H3,(H,34,38)/t23-/m1/s1. The average molecular weight is 644 g/mol. The maximum atomic E-state index is 14.1. The Morgan fingerprint density at radius 3 is 2.33 bits per heavy atom. The molecule has 3 aromatic carbocycles. The van der Waals surface area contributed by atoms with E-state index in [9.17, 15) is 18.0 Å². The molecule has 2 amide bonds. The smallest absolute Gasteiger partial charge is 0.264 e. The molecule has 1 aliphatic rings. The quantitative estimate of drug-likeness (QED) is 0.225. The van der Waals surface area contributed by atoms with Gasteiger partial charge in [-0.1, -0.05) is 36.6 Å². The van der Waals surface area contributed by atoms with Crippen molar-refractivity contribution in [2.24, 2.45) is 0 Å². The number of hydrogen-bond acceptors (Lipinski definition) is 6. The average Bonchev–Trinajstić information content (AvgIpc) is 3.52. The van der Waals surface area contributed by atoms with E-state index in [1.165, 1.54) is 28.8 Å². The lowest BCUT2D eigenvalue weighted by molar-refractivity contribution is -0.139. The second-order valence-corrected chi connectivity index (χ2v) is 13.6. The molecule has 0 aromatic heterocycles. The van der Waals surface area contributed by atoms with Crippen molar-refractivity contribution in [3.63, 3.8) is 0 Å². The summed E-state index contributed by atoms with van der Waals surface area (Å²) in [4.78, 5) is 29.9. The molecule has 43 heavy (non-hydrogen) atoms. The van der Waals surface area contributed by atoms with Gasteiger partial charge in [-0.05, 0) is 99.2 Å². The summed E-state index contributed by atoms with van der Waals surface area (Å²) in [5, 5.41) is 3.57. The highest BCUT2D eigenvalue weighted by Gasteiger charge is 2.33. The van der Waals surface area contributed by atoms with Gasteiger partial charge in [0.15, 0.2) is 0 Å². The molecule has 0 unspecified atom stereocenters. The Balaban J connectivity index is 1.69. The van der Waals surface area contributed by atoms with Crippen LogP contribution in [0.5, 0.6) is 5.75 Å². The molecule has 1 saturated carbocycles. The van der Waals surface area contributed by atoms with E-state index < -0.39 is 28.5 Å². The summed E-state index contributed by atoms with van der Waals surface area (Å²) < 4.78 is 34.7. The molecule has 1 N–H and O–H groups in total. The second-order valence-electron chi connectivity index (χ2n) is 10.4. The van der Waals surface area contributed by atoms with Crippen LogP contribution in [0.25, 0.3) is 0 Å². The van der Waals surface area contributed by atoms with E-state index in [0.29, 0.717) is 23.1 Å². The maximum Gasteiger partial charge on any atom is 0.264 e. The molecule has 230 valence electrons. The number of nitrogens with one attached hydrogen (secondary N) is 1. The number of benzene rings is 3. The van der Waals surface area contributed by atoms with Crippen molar-refractivity contribution in [2.75, 3.05) is 23.7 Å². The summed E-state index contributed by atoms with van der Waals surface area (Å²) in [7, 11) is -4.16. The molecule has 1 aliphatic carbocycles. The van der Waals surface area contributed by atoms with Crippen LogP contribution in [0, 0.1) is 0 Å². The predicted octanol–water partition coefficient (Wildman–Crippen LogP) is 6.13. The highest BCUT2D eigenvalue weighted by atomic mass is 35.5. The highest BCUT2D eigenvalue weighted by molar-refractivity contribution is 7.98. The lowest BCUT2D eigenvalue weighted by Crippen LogP contribution is -2.52. The topological polar surface area (TPSA) is 96.0 Å². The molecular weight excluding hydrogens is 606 g/mol. The fourth-order valence-corrected chi connectivity index (χ4v) is 7.12. The number of carbonyl (C=O) groups excluding carboxylic acids is 2. The van der Waals surface area contributed by atoms with Crippen LogP contribution in [0.1, 0.15) is 45.1 Å². The van der Waals surface area contributed by atoms with Gasteiger partial charge in [0.25, 0.3) is 10.0 Å². The lowest BCUT2D eigenvalue weighted by Gasteiger charge is -2.32. The van der Waals surface area contributed by atoms with Gasteiger partial charge in [-0.25, -0.2) is 8.42 Å². The number of hydrogen-bond donors (Lipinski definition) is 1. The molecule has 0 saturated heterocycles. The molecule has 11 heteroatoms. The van der Waals surface area contributed by atoms with E-state index in [4.69, 9.17) is 16.3 Å². The van der Waals surface area contributed by atoms with Crippen LogP contribution in [0.4, 0.5) is 5.69 Å². The number of rotatable bonds is 13. The largest absolute Gasteiger partial charge is 0.494 e. The summed E-state index contributed by atoms with van der Waals surface area (Å²) in [6.07, 6.45) is 5.82. The zero-order valence-electron chi connectivity index (χ0n) is 24.7. The third-order valence-corrected chi connectivity index (χ3v) is 10.2. The van der Waals surface area contributed by atoms with E-state index in [1.54, 1.807) is 61.5 Å². The predicted molar refractivity (Wildman–Crippen MR) is 172 cm³/mol. The number of thioether (sulfide) groups is 1. The fraction of sp³-hybridized carbons (Fsp3) is 0.375. The summed E-state index contributed by atoms with van der Waals surface area (Å²) in [6, 6.07) is 19.4. The Kier molecular flexibility index (Phi) is 11.4. The van der Waals surface area contributed by atoms with Crippen LogP contribution in [0.2, 0.25) is 5.02 Å². The third kappa shape index (κ3) is 8.46. The number of sulfonamides is 1. The Bertz CT molecular complexity index is 1490. The van der Waals surface area contributed by atoms with Gasteiger partial charge in [0.2, 0.25) is 11.8 Å². The van der Waals surface area contributed by atoms with Gasteiger partial charge in [-0.3, -0.25) is 13.9 Å². The van der Waals surface area contributed by atoms with Gasteiger partial charge in [0.05, 0.1) is 17.2 Å². The van der Waals surface area contributed by atoms with Crippen LogP contribution >= 0.6 is 23.4 Å². The number of carbonyl (C=O) groups is 2. The Morgan fingerprint density at radius 2 is 1.72 bits per heavy atom. The SMILES string of the molecule is CCOc1ccc(N(CC(=O)N(Cc2cccc(Cl)c2)[C@H](C)C(=O)NC2CCCC2)S(=O)(=O)c2ccc(SC)cc2)cc1. The summed E-state index contributed by atoms with van der Waals surface area (Å²) in [6.45, 7) is 3.56. The van der Waals surface area contributed by atoms with Gasteiger partial charge < -0.3 is 15.0 Å². The minimum atomic E-state index is -4.16. The molecule has 4 rings (SSSR count). The monoisotopic (exact) mass is 643 g/mol. The summed E-state index contributed by atoms with van der Waals surface area (Å²) in [5.41, 5.74) is 1.03. The van der Waals surface area contributed by atoms with Crippen molar-refractivity contribution in [1.82, 2.24) is 10.2 Å². The van der Waals surface area contributed by atoms with Gasteiger partial charge in [-0.2, -0.15) is 0 Å². The minimum absolute atomic E-state index is 0.0559. The molecule has 0 spiro atoms. The minimum Gasteiger partial charge on any atom is -0.494 e. The number of anilines is 1. The summed E-state index contributed by atoms with van der Waals surface area (Å²) in [5.74, 6) is -0.211. The first-order chi connectivity index (χ1) is 20.6. The van der Waals surface area contributed by atoms with Crippen LogP contribution in [-0.2, 0) is 26.2 Å².